The van der Waals surface area contributed by atoms with Crippen LogP contribution in [0.4, 0.5) is 0 Å². The molecule has 1 rings (SSSR count). The molecule has 1 heterocycles. The molecule has 0 spiro atoms. The van der Waals surface area contributed by atoms with Gasteiger partial charge in [-0.2, -0.15) is 5.10 Å². The van der Waals surface area contributed by atoms with E-state index in [1.54, 1.807) is 13.3 Å². The lowest BCUT2D eigenvalue weighted by Gasteiger charge is -2.05. The number of hydrogen-bond donors (Lipinski definition) is 0. The zero-order valence-corrected chi connectivity index (χ0v) is 11.5. The molecule has 6 heteroatoms. The van der Waals surface area contributed by atoms with Crippen molar-refractivity contribution in [2.45, 2.75) is 19.4 Å². The van der Waals surface area contributed by atoms with Crippen LogP contribution in [0.5, 0.6) is 0 Å². The first-order valence-electron chi connectivity index (χ1n) is 4.57. The van der Waals surface area contributed by atoms with Gasteiger partial charge in [0.05, 0.1) is 10.7 Å². The molecule has 84 valence electrons. The molecule has 15 heavy (non-hydrogen) atoms. The van der Waals surface area contributed by atoms with E-state index in [-0.39, 0.29) is 5.56 Å². The lowest BCUT2D eigenvalue weighted by Crippen LogP contribution is -2.23. The van der Waals surface area contributed by atoms with E-state index in [1.807, 2.05) is 0 Å². The van der Waals surface area contributed by atoms with Crippen molar-refractivity contribution in [3.63, 3.8) is 0 Å². The fourth-order valence-corrected chi connectivity index (χ4v) is 1.68. The van der Waals surface area contributed by atoms with E-state index in [0.717, 1.165) is 12.8 Å². The minimum Gasteiger partial charge on any atom is -0.385 e. The van der Waals surface area contributed by atoms with Crippen LogP contribution in [0.3, 0.4) is 0 Å². The molecule has 0 aliphatic carbocycles. The Bertz CT molecular complexity index is 379. The summed E-state index contributed by atoms with van der Waals surface area (Å²) in [6.45, 7) is 1.33. The Morgan fingerprint density at radius 3 is 2.87 bits per heavy atom. The number of nitrogens with zero attached hydrogens (tertiary/aromatic N) is 2. The maximum atomic E-state index is 11.6. The van der Waals surface area contributed by atoms with Gasteiger partial charge in [0.1, 0.15) is 4.47 Å². The first kappa shape index (κ1) is 12.9. The van der Waals surface area contributed by atoms with Crippen LogP contribution in [0.25, 0.3) is 0 Å². The molecule has 1 aromatic heterocycles. The average molecular weight is 340 g/mol. The molecule has 0 atom stereocenters. The van der Waals surface area contributed by atoms with Crippen molar-refractivity contribution in [3.05, 3.63) is 25.5 Å². The fourth-order valence-electron chi connectivity index (χ4n) is 1.11. The summed E-state index contributed by atoms with van der Waals surface area (Å²) in [6, 6.07) is 0. The zero-order chi connectivity index (χ0) is 11.3. The van der Waals surface area contributed by atoms with Crippen LogP contribution >= 0.6 is 31.9 Å². The Balaban J connectivity index is 2.63. The number of halogens is 2. The van der Waals surface area contributed by atoms with E-state index in [9.17, 15) is 4.79 Å². The second kappa shape index (κ2) is 6.40. The van der Waals surface area contributed by atoms with Crippen molar-refractivity contribution in [3.8, 4) is 0 Å². The third-order valence-corrected chi connectivity index (χ3v) is 3.81. The van der Waals surface area contributed by atoms with E-state index in [2.05, 4.69) is 37.0 Å². The maximum absolute atomic E-state index is 11.6. The lowest BCUT2D eigenvalue weighted by molar-refractivity contribution is 0.190. The van der Waals surface area contributed by atoms with E-state index in [4.69, 9.17) is 4.74 Å². The van der Waals surface area contributed by atoms with Gasteiger partial charge in [0.15, 0.2) is 0 Å². The molecule has 0 radical (unpaired) electrons. The van der Waals surface area contributed by atoms with Crippen molar-refractivity contribution < 1.29 is 4.74 Å². The van der Waals surface area contributed by atoms with Gasteiger partial charge in [-0.1, -0.05) is 0 Å². The van der Waals surface area contributed by atoms with Crippen molar-refractivity contribution in [2.75, 3.05) is 13.7 Å². The highest BCUT2D eigenvalue weighted by Gasteiger charge is 2.05. The number of unbranched alkanes of at least 4 members (excludes halogenated alkanes) is 1. The minimum absolute atomic E-state index is 0.109. The maximum Gasteiger partial charge on any atom is 0.282 e. The first-order valence-corrected chi connectivity index (χ1v) is 6.15. The second-order valence-electron chi connectivity index (χ2n) is 3.03. The molecule has 0 aliphatic rings. The van der Waals surface area contributed by atoms with Crippen molar-refractivity contribution in [1.29, 1.82) is 0 Å². The van der Waals surface area contributed by atoms with Crippen LogP contribution in [-0.4, -0.2) is 23.5 Å². The summed E-state index contributed by atoms with van der Waals surface area (Å²) in [6.07, 6.45) is 3.43. The van der Waals surface area contributed by atoms with Gasteiger partial charge < -0.3 is 4.74 Å². The smallest absolute Gasteiger partial charge is 0.282 e. The number of methoxy groups -OCH3 is 1. The van der Waals surface area contributed by atoms with Crippen LogP contribution in [0.1, 0.15) is 12.8 Å². The highest BCUT2D eigenvalue weighted by Crippen LogP contribution is 2.16. The Kier molecular flexibility index (Phi) is 5.49. The molecule has 0 unspecified atom stereocenters. The van der Waals surface area contributed by atoms with Gasteiger partial charge in [-0.25, -0.2) is 4.68 Å². The zero-order valence-electron chi connectivity index (χ0n) is 8.37. The topological polar surface area (TPSA) is 44.1 Å². The van der Waals surface area contributed by atoms with Gasteiger partial charge in [0, 0.05) is 20.3 Å². The van der Waals surface area contributed by atoms with Crippen LogP contribution in [0, 0.1) is 0 Å². The normalized spacial score (nSPS) is 10.6. The largest absolute Gasteiger partial charge is 0.385 e. The van der Waals surface area contributed by atoms with Crippen molar-refractivity contribution in [2.24, 2.45) is 0 Å². The fraction of sp³-hybridized carbons (Fsp3) is 0.556. The third kappa shape index (κ3) is 3.70. The summed E-state index contributed by atoms with van der Waals surface area (Å²) >= 11 is 6.44. The molecule has 0 saturated heterocycles. The van der Waals surface area contributed by atoms with Gasteiger partial charge >= 0.3 is 0 Å². The molecule has 0 amide bonds. The Morgan fingerprint density at radius 1 is 1.47 bits per heavy atom. The summed E-state index contributed by atoms with van der Waals surface area (Å²) in [7, 11) is 1.67. The second-order valence-corrected chi connectivity index (χ2v) is 4.68. The lowest BCUT2D eigenvalue weighted by atomic mass is 10.3. The van der Waals surface area contributed by atoms with Crippen molar-refractivity contribution >= 4 is 31.9 Å². The van der Waals surface area contributed by atoms with Crippen LogP contribution < -0.4 is 5.56 Å². The Labute approximate surface area is 105 Å². The highest BCUT2D eigenvalue weighted by atomic mass is 79.9. The van der Waals surface area contributed by atoms with Gasteiger partial charge in [-0.15, -0.1) is 0 Å². The standard InChI is InChI=1S/C9H12Br2N2O2/c1-15-5-3-2-4-13-9(14)8(11)7(10)6-12-13/h6H,2-5H2,1H3. The molecule has 0 N–H and O–H groups in total. The van der Waals surface area contributed by atoms with Crippen molar-refractivity contribution in [1.82, 2.24) is 9.78 Å². The number of ether oxygens (including phenoxy) is 1. The predicted molar refractivity (Wildman–Crippen MR) is 65.0 cm³/mol. The van der Waals surface area contributed by atoms with Crippen LogP contribution in [0.2, 0.25) is 0 Å². The highest BCUT2D eigenvalue weighted by molar-refractivity contribution is 9.13. The quantitative estimate of drug-likeness (QED) is 0.772. The minimum atomic E-state index is -0.109. The summed E-state index contributed by atoms with van der Waals surface area (Å²) in [5.41, 5.74) is -0.109. The number of aromatic nitrogens is 2. The molecule has 0 bridgehead atoms. The predicted octanol–water partition coefficient (Wildman–Crippen LogP) is 2.19. The van der Waals surface area contributed by atoms with Gasteiger partial charge in [0.25, 0.3) is 5.56 Å². The third-order valence-electron chi connectivity index (χ3n) is 1.91. The summed E-state index contributed by atoms with van der Waals surface area (Å²) in [5, 5.41) is 4.02. The van der Waals surface area contributed by atoms with Crippen LogP contribution in [-0.2, 0) is 11.3 Å². The molecule has 1 aromatic rings. The Hall–Kier alpha value is -0.200. The van der Waals surface area contributed by atoms with E-state index >= 15 is 0 Å². The Morgan fingerprint density at radius 2 is 2.20 bits per heavy atom. The van der Waals surface area contributed by atoms with Gasteiger partial charge in [-0.05, 0) is 44.7 Å². The van der Waals surface area contributed by atoms with E-state index < -0.39 is 0 Å². The molecular weight excluding hydrogens is 328 g/mol. The monoisotopic (exact) mass is 338 g/mol. The number of hydrogen-bond acceptors (Lipinski definition) is 3. The van der Waals surface area contributed by atoms with E-state index in [1.165, 1.54) is 4.68 Å². The summed E-state index contributed by atoms with van der Waals surface area (Å²) < 4.78 is 7.58. The number of rotatable bonds is 5. The molecule has 0 aromatic carbocycles. The summed E-state index contributed by atoms with van der Waals surface area (Å²) in [4.78, 5) is 11.6. The average Bonchev–Trinajstić information content (AvgIpc) is 2.24. The molecular formula is C9H12Br2N2O2. The SMILES string of the molecule is COCCCCn1ncc(Br)c(Br)c1=O. The first-order chi connectivity index (χ1) is 7.16. The van der Waals surface area contributed by atoms with Crippen LogP contribution in [0.15, 0.2) is 19.9 Å². The molecule has 0 saturated carbocycles. The van der Waals surface area contributed by atoms with E-state index in [0.29, 0.717) is 22.1 Å². The molecule has 4 nitrogen and oxygen atoms in total. The van der Waals surface area contributed by atoms with Gasteiger partial charge in [0.2, 0.25) is 0 Å². The number of aryl methyl sites for hydroxylation is 1. The molecule has 0 fully saturated rings. The summed E-state index contributed by atoms with van der Waals surface area (Å²) in [5.74, 6) is 0. The molecule has 0 aliphatic heterocycles. The van der Waals surface area contributed by atoms with Gasteiger partial charge in [-0.3, -0.25) is 4.79 Å².